The fourth-order valence-electron chi connectivity index (χ4n) is 3.94. The fourth-order valence-corrected chi connectivity index (χ4v) is 5.45. The number of carbonyl (C=O) groups is 3. The first kappa shape index (κ1) is 24.6. The lowest BCUT2D eigenvalue weighted by Gasteiger charge is -2.32. The first-order valence-electron chi connectivity index (χ1n) is 10.8. The van der Waals surface area contributed by atoms with Gasteiger partial charge in [-0.3, -0.25) is 14.4 Å². The number of nitrogens with zero attached hydrogens (tertiary/aromatic N) is 2. The van der Waals surface area contributed by atoms with Crippen LogP contribution in [-0.2, 0) is 21.4 Å². The van der Waals surface area contributed by atoms with Crippen LogP contribution in [0.5, 0.6) is 0 Å². The average Bonchev–Trinajstić information content (AvgIpc) is 2.83. The molecule has 0 aliphatic carbocycles. The minimum Gasteiger partial charge on any atom is -0.355 e. The van der Waals surface area contributed by atoms with Gasteiger partial charge >= 0.3 is 0 Å². The standard InChI is InChI=1S/C24H29N3O5S/c1-17(28)21-5-4-6-22(15-21)33(31,32)27-13-11-20(12-14-27)24(30)26(3)16-18-7-9-19(10-8-18)23(29)25-2/h4-10,15,20H,11-14,16H2,1-3H3,(H,25,29). The van der Waals surface area contributed by atoms with E-state index in [9.17, 15) is 22.8 Å². The van der Waals surface area contributed by atoms with E-state index in [1.165, 1.54) is 23.4 Å². The molecule has 0 spiro atoms. The molecule has 0 bridgehead atoms. The highest BCUT2D eigenvalue weighted by Gasteiger charge is 2.33. The van der Waals surface area contributed by atoms with Gasteiger partial charge in [0.2, 0.25) is 15.9 Å². The van der Waals surface area contributed by atoms with Gasteiger partial charge in [-0.15, -0.1) is 0 Å². The van der Waals surface area contributed by atoms with E-state index >= 15 is 0 Å². The van der Waals surface area contributed by atoms with E-state index in [-0.39, 0.29) is 41.5 Å². The van der Waals surface area contributed by atoms with Crippen LogP contribution in [0.4, 0.5) is 0 Å². The first-order chi connectivity index (χ1) is 15.6. The molecule has 0 aromatic heterocycles. The van der Waals surface area contributed by atoms with E-state index in [2.05, 4.69) is 5.32 Å². The van der Waals surface area contributed by atoms with Crippen molar-refractivity contribution in [2.75, 3.05) is 27.2 Å². The minimum atomic E-state index is -3.73. The van der Waals surface area contributed by atoms with E-state index in [4.69, 9.17) is 0 Å². The number of nitrogens with one attached hydrogen (secondary N) is 1. The number of hydrogen-bond donors (Lipinski definition) is 1. The second-order valence-electron chi connectivity index (χ2n) is 8.23. The predicted molar refractivity (Wildman–Crippen MR) is 124 cm³/mol. The van der Waals surface area contributed by atoms with Crippen molar-refractivity contribution < 1.29 is 22.8 Å². The van der Waals surface area contributed by atoms with Crippen LogP contribution in [0.15, 0.2) is 53.4 Å². The highest BCUT2D eigenvalue weighted by Crippen LogP contribution is 2.26. The maximum Gasteiger partial charge on any atom is 0.251 e. The Labute approximate surface area is 194 Å². The molecule has 1 aliphatic heterocycles. The third-order valence-corrected chi connectivity index (χ3v) is 7.82. The van der Waals surface area contributed by atoms with Gasteiger partial charge in [0.15, 0.2) is 5.78 Å². The van der Waals surface area contributed by atoms with E-state index in [1.54, 1.807) is 43.3 Å². The van der Waals surface area contributed by atoms with E-state index in [1.807, 2.05) is 12.1 Å². The van der Waals surface area contributed by atoms with Gasteiger partial charge in [0, 0.05) is 50.8 Å². The molecule has 0 saturated carbocycles. The fraction of sp³-hybridized carbons (Fsp3) is 0.375. The van der Waals surface area contributed by atoms with Crippen molar-refractivity contribution in [3.63, 3.8) is 0 Å². The van der Waals surface area contributed by atoms with Crippen LogP contribution in [0.3, 0.4) is 0 Å². The van der Waals surface area contributed by atoms with Crippen molar-refractivity contribution in [1.82, 2.24) is 14.5 Å². The van der Waals surface area contributed by atoms with Gasteiger partial charge in [-0.25, -0.2) is 8.42 Å². The van der Waals surface area contributed by atoms with E-state index < -0.39 is 10.0 Å². The van der Waals surface area contributed by atoms with Gasteiger partial charge in [0.1, 0.15) is 0 Å². The molecule has 1 N–H and O–H groups in total. The maximum atomic E-state index is 13.0. The highest BCUT2D eigenvalue weighted by molar-refractivity contribution is 7.89. The molecule has 1 fully saturated rings. The summed E-state index contributed by atoms with van der Waals surface area (Å²) in [6, 6.07) is 13.1. The quantitative estimate of drug-likeness (QED) is 0.624. The molecule has 176 valence electrons. The first-order valence-corrected chi connectivity index (χ1v) is 12.2. The topological polar surface area (TPSA) is 104 Å². The van der Waals surface area contributed by atoms with Gasteiger partial charge in [0.05, 0.1) is 4.90 Å². The molecule has 0 radical (unpaired) electrons. The number of amides is 2. The number of sulfonamides is 1. The molecule has 1 aliphatic rings. The van der Waals surface area contributed by atoms with Gasteiger partial charge < -0.3 is 10.2 Å². The van der Waals surface area contributed by atoms with Gasteiger partial charge in [0.25, 0.3) is 5.91 Å². The SMILES string of the molecule is CNC(=O)c1ccc(CN(C)C(=O)C2CCN(S(=O)(=O)c3cccc(C(C)=O)c3)CC2)cc1. The number of carbonyl (C=O) groups excluding carboxylic acids is 3. The normalized spacial score (nSPS) is 15.1. The lowest BCUT2D eigenvalue weighted by Crippen LogP contribution is -2.43. The molecule has 2 aromatic rings. The van der Waals surface area contributed by atoms with Crippen molar-refractivity contribution in [2.45, 2.75) is 31.2 Å². The lowest BCUT2D eigenvalue weighted by atomic mass is 9.96. The number of hydrogen-bond acceptors (Lipinski definition) is 5. The Balaban J connectivity index is 1.59. The predicted octanol–water partition coefficient (Wildman–Crippen LogP) is 2.31. The number of ketones is 1. The molecule has 9 heteroatoms. The molecule has 2 amide bonds. The van der Waals surface area contributed by atoms with Crippen LogP contribution in [0.1, 0.15) is 46.0 Å². The zero-order chi connectivity index (χ0) is 24.2. The van der Waals surface area contributed by atoms with Crippen molar-refractivity contribution in [2.24, 2.45) is 5.92 Å². The second kappa shape index (κ2) is 10.3. The lowest BCUT2D eigenvalue weighted by molar-refractivity contribution is -0.135. The molecule has 1 saturated heterocycles. The van der Waals surface area contributed by atoms with Gasteiger partial charge in [-0.05, 0) is 49.6 Å². The van der Waals surface area contributed by atoms with Crippen LogP contribution in [0.25, 0.3) is 0 Å². The minimum absolute atomic E-state index is 0.0268. The molecule has 3 rings (SSSR count). The van der Waals surface area contributed by atoms with Crippen molar-refractivity contribution in [3.05, 3.63) is 65.2 Å². The maximum absolute atomic E-state index is 13.0. The van der Waals surface area contributed by atoms with Crippen molar-refractivity contribution in [1.29, 1.82) is 0 Å². The number of benzene rings is 2. The summed E-state index contributed by atoms with van der Waals surface area (Å²) >= 11 is 0. The number of rotatable bonds is 7. The average molecular weight is 472 g/mol. The second-order valence-corrected chi connectivity index (χ2v) is 10.2. The van der Waals surface area contributed by atoms with Gasteiger partial charge in [-0.1, -0.05) is 24.3 Å². The zero-order valence-corrected chi connectivity index (χ0v) is 19.9. The summed E-state index contributed by atoms with van der Waals surface area (Å²) < 4.78 is 27.4. The molecule has 33 heavy (non-hydrogen) atoms. The Morgan fingerprint density at radius 2 is 1.67 bits per heavy atom. The molecule has 0 atom stereocenters. The van der Waals surface area contributed by atoms with Crippen molar-refractivity contribution in [3.8, 4) is 0 Å². The Kier molecular flexibility index (Phi) is 7.65. The molecule has 8 nitrogen and oxygen atoms in total. The summed E-state index contributed by atoms with van der Waals surface area (Å²) in [6.45, 7) is 2.30. The van der Waals surface area contributed by atoms with E-state index in [0.29, 0.717) is 30.5 Å². The molecular weight excluding hydrogens is 442 g/mol. The Morgan fingerprint density at radius 1 is 1.03 bits per heavy atom. The summed E-state index contributed by atoms with van der Waals surface area (Å²) in [5, 5.41) is 2.57. The Morgan fingerprint density at radius 3 is 2.24 bits per heavy atom. The van der Waals surface area contributed by atoms with Crippen molar-refractivity contribution >= 4 is 27.6 Å². The van der Waals surface area contributed by atoms with Crippen LogP contribution in [-0.4, -0.2) is 62.4 Å². The third kappa shape index (κ3) is 5.66. The summed E-state index contributed by atoms with van der Waals surface area (Å²) in [5.41, 5.74) is 1.81. The summed E-state index contributed by atoms with van der Waals surface area (Å²) in [7, 11) is -0.426. The smallest absolute Gasteiger partial charge is 0.251 e. The largest absolute Gasteiger partial charge is 0.355 e. The van der Waals surface area contributed by atoms with Crippen LogP contribution < -0.4 is 5.32 Å². The van der Waals surface area contributed by atoms with Crippen LogP contribution in [0, 0.1) is 5.92 Å². The van der Waals surface area contributed by atoms with E-state index in [0.717, 1.165) is 5.56 Å². The molecular formula is C24H29N3O5S. The van der Waals surface area contributed by atoms with Gasteiger partial charge in [-0.2, -0.15) is 4.31 Å². The Hall–Kier alpha value is -3.04. The summed E-state index contributed by atoms with van der Waals surface area (Å²) in [5.74, 6) is -0.639. The molecule has 0 unspecified atom stereocenters. The highest BCUT2D eigenvalue weighted by atomic mass is 32.2. The Bertz CT molecular complexity index is 1140. The number of Topliss-reactive ketones (excluding diaryl/α,β-unsaturated/α-hetero) is 1. The molecule has 1 heterocycles. The summed E-state index contributed by atoms with van der Waals surface area (Å²) in [6.07, 6.45) is 0.870. The van der Waals surface area contributed by atoms with Crippen LogP contribution in [0.2, 0.25) is 0 Å². The number of piperidine rings is 1. The summed E-state index contributed by atoms with van der Waals surface area (Å²) in [4.78, 5) is 37.9. The molecule has 2 aromatic carbocycles. The monoisotopic (exact) mass is 471 g/mol. The third-order valence-electron chi connectivity index (χ3n) is 5.92. The van der Waals surface area contributed by atoms with Crippen LogP contribution >= 0.6 is 0 Å². The zero-order valence-electron chi connectivity index (χ0n) is 19.1.